The molecule has 0 saturated heterocycles. The predicted molar refractivity (Wildman–Crippen MR) is 98.1 cm³/mol. The molecule has 0 unspecified atom stereocenters. The van der Waals surface area contributed by atoms with Crippen LogP contribution in [0.25, 0.3) is 10.8 Å². The highest BCUT2D eigenvalue weighted by Crippen LogP contribution is 2.32. The van der Waals surface area contributed by atoms with E-state index in [0.717, 1.165) is 24.7 Å². The van der Waals surface area contributed by atoms with Crippen LogP contribution in [-0.4, -0.2) is 26.9 Å². The fourth-order valence-corrected chi connectivity index (χ4v) is 4.50. The fraction of sp³-hybridized carbons (Fsp3) is 0.385. The Morgan fingerprint density at radius 1 is 1.22 bits per heavy atom. The fourth-order valence-electron chi connectivity index (χ4n) is 1.60. The molecule has 3 aromatic heterocycles. The molecule has 0 fully saturated rings. The van der Waals surface area contributed by atoms with Gasteiger partial charge in [-0.05, 0) is 34.0 Å². The van der Waals surface area contributed by atoms with Gasteiger partial charge in [-0.25, -0.2) is 0 Å². The molecule has 3 rings (SSSR count). The van der Waals surface area contributed by atoms with E-state index in [1.165, 1.54) is 11.3 Å². The molecule has 10 heteroatoms. The van der Waals surface area contributed by atoms with Gasteiger partial charge in [0.15, 0.2) is 4.34 Å². The number of nitrogens with one attached hydrogen (secondary N) is 1. The Labute approximate surface area is 154 Å². The lowest BCUT2D eigenvalue weighted by molar-refractivity contribution is 0.529. The quantitative estimate of drug-likeness (QED) is 0.539. The largest absolute Gasteiger partial charge is 0.419 e. The number of nitrogens with zero attached hydrogens (tertiary/aromatic N) is 4. The molecular formula is C13H14BrN5OS3. The number of halogens is 1. The Morgan fingerprint density at radius 2 is 2.09 bits per heavy atom. The number of thiophene rings is 1. The first-order valence-corrected chi connectivity index (χ1v) is 10.3. The second kappa shape index (κ2) is 7.73. The Balaban J connectivity index is 1.55. The predicted octanol–water partition coefficient (Wildman–Crippen LogP) is 4.77. The van der Waals surface area contributed by atoms with Gasteiger partial charge in [0, 0.05) is 6.54 Å². The van der Waals surface area contributed by atoms with Gasteiger partial charge in [0.25, 0.3) is 5.89 Å². The third kappa shape index (κ3) is 4.75. The summed E-state index contributed by atoms with van der Waals surface area (Å²) in [5.41, 5.74) is 0. The zero-order chi connectivity index (χ0) is 16.2. The molecule has 0 amide bonds. The van der Waals surface area contributed by atoms with Gasteiger partial charge < -0.3 is 9.73 Å². The van der Waals surface area contributed by atoms with Gasteiger partial charge in [0.05, 0.1) is 14.4 Å². The third-order valence-electron chi connectivity index (χ3n) is 2.64. The molecule has 1 N–H and O–H groups in total. The highest BCUT2D eigenvalue weighted by atomic mass is 79.9. The molecule has 3 heterocycles. The van der Waals surface area contributed by atoms with Crippen LogP contribution in [-0.2, 0) is 5.75 Å². The Morgan fingerprint density at radius 3 is 2.83 bits per heavy atom. The maximum Gasteiger partial charge on any atom is 0.257 e. The summed E-state index contributed by atoms with van der Waals surface area (Å²) in [6, 6.07) is 3.92. The van der Waals surface area contributed by atoms with E-state index in [0.29, 0.717) is 23.5 Å². The minimum atomic E-state index is 0.549. The second-order valence-electron chi connectivity index (χ2n) is 5.04. The molecule has 0 aliphatic carbocycles. The van der Waals surface area contributed by atoms with Crippen molar-refractivity contribution in [2.45, 2.75) is 23.9 Å². The van der Waals surface area contributed by atoms with E-state index in [-0.39, 0.29) is 0 Å². The van der Waals surface area contributed by atoms with E-state index in [1.54, 1.807) is 23.1 Å². The maximum absolute atomic E-state index is 5.68. The number of rotatable bonds is 7. The average Bonchev–Trinajstić information content (AvgIpc) is 3.23. The van der Waals surface area contributed by atoms with Gasteiger partial charge >= 0.3 is 0 Å². The van der Waals surface area contributed by atoms with Gasteiger partial charge in [0.1, 0.15) is 0 Å². The first-order valence-electron chi connectivity index (χ1n) is 6.88. The number of aromatic nitrogens is 4. The first kappa shape index (κ1) is 16.9. The molecule has 0 aliphatic rings. The van der Waals surface area contributed by atoms with Crippen LogP contribution in [0.1, 0.15) is 19.7 Å². The Hall–Kier alpha value is -0.970. The zero-order valence-electron chi connectivity index (χ0n) is 12.4. The summed E-state index contributed by atoms with van der Waals surface area (Å²) in [6.07, 6.45) is 0. The monoisotopic (exact) mass is 431 g/mol. The van der Waals surface area contributed by atoms with Crippen molar-refractivity contribution in [2.75, 3.05) is 11.9 Å². The van der Waals surface area contributed by atoms with Crippen molar-refractivity contribution in [1.82, 2.24) is 20.4 Å². The standard InChI is InChI=1S/C13H14BrN5OS3/c1-7(2)5-15-12-18-19-13(23-12)21-6-10-16-17-11(20-10)8-3-4-9(14)22-8/h3-4,7H,5-6H2,1-2H3,(H,15,18). The van der Waals surface area contributed by atoms with E-state index in [1.807, 2.05) is 12.1 Å². The molecule has 23 heavy (non-hydrogen) atoms. The summed E-state index contributed by atoms with van der Waals surface area (Å²) in [5.74, 6) is 2.29. The highest BCUT2D eigenvalue weighted by Gasteiger charge is 2.12. The molecule has 0 spiro atoms. The number of hydrogen-bond donors (Lipinski definition) is 1. The van der Waals surface area contributed by atoms with Crippen molar-refractivity contribution >= 4 is 55.5 Å². The van der Waals surface area contributed by atoms with Crippen molar-refractivity contribution in [1.29, 1.82) is 0 Å². The number of hydrogen-bond acceptors (Lipinski definition) is 9. The summed E-state index contributed by atoms with van der Waals surface area (Å²) in [7, 11) is 0. The van der Waals surface area contributed by atoms with E-state index in [9.17, 15) is 0 Å². The van der Waals surface area contributed by atoms with Crippen molar-refractivity contribution in [3.63, 3.8) is 0 Å². The van der Waals surface area contributed by atoms with Crippen molar-refractivity contribution in [2.24, 2.45) is 5.92 Å². The maximum atomic E-state index is 5.68. The van der Waals surface area contributed by atoms with Gasteiger partial charge in [0.2, 0.25) is 11.0 Å². The number of thioether (sulfide) groups is 1. The minimum absolute atomic E-state index is 0.549. The minimum Gasteiger partial charge on any atom is -0.419 e. The van der Waals surface area contributed by atoms with Crippen molar-refractivity contribution < 1.29 is 4.42 Å². The Bertz CT molecular complexity index is 769. The third-order valence-corrected chi connectivity index (χ3v) is 6.25. The molecule has 3 aromatic rings. The molecule has 0 atom stereocenters. The van der Waals surface area contributed by atoms with Gasteiger partial charge in [-0.2, -0.15) is 0 Å². The van der Waals surface area contributed by atoms with Gasteiger partial charge in [-0.1, -0.05) is 36.9 Å². The second-order valence-corrected chi connectivity index (χ2v) is 9.70. The van der Waals surface area contributed by atoms with Crippen molar-refractivity contribution in [3.05, 3.63) is 21.8 Å². The molecule has 0 aliphatic heterocycles. The van der Waals surface area contributed by atoms with Crippen LogP contribution in [0.3, 0.4) is 0 Å². The van der Waals surface area contributed by atoms with Crippen LogP contribution < -0.4 is 5.32 Å². The van der Waals surface area contributed by atoms with Crippen LogP contribution in [0.5, 0.6) is 0 Å². The van der Waals surface area contributed by atoms with Crippen LogP contribution >= 0.6 is 50.4 Å². The zero-order valence-corrected chi connectivity index (χ0v) is 16.5. The van der Waals surface area contributed by atoms with Gasteiger partial charge in [-0.3, -0.25) is 0 Å². The van der Waals surface area contributed by atoms with Crippen molar-refractivity contribution in [3.8, 4) is 10.8 Å². The van der Waals surface area contributed by atoms with E-state index in [2.05, 4.69) is 55.5 Å². The smallest absolute Gasteiger partial charge is 0.257 e. The molecule has 0 aromatic carbocycles. The molecule has 0 bridgehead atoms. The van der Waals surface area contributed by atoms with Crippen LogP contribution in [0.15, 0.2) is 24.7 Å². The molecule has 0 saturated carbocycles. The van der Waals surface area contributed by atoms with Crippen LogP contribution in [0.4, 0.5) is 5.13 Å². The van der Waals surface area contributed by atoms with E-state index in [4.69, 9.17) is 4.42 Å². The Kier molecular flexibility index (Phi) is 5.67. The summed E-state index contributed by atoms with van der Waals surface area (Å²) < 4.78 is 7.60. The SMILES string of the molecule is CC(C)CNc1nnc(SCc2nnc(-c3ccc(Br)s3)o2)s1. The number of anilines is 1. The molecule has 6 nitrogen and oxygen atoms in total. The molecule has 122 valence electrons. The summed E-state index contributed by atoms with van der Waals surface area (Å²) >= 11 is 8.07. The van der Waals surface area contributed by atoms with Crippen LogP contribution in [0, 0.1) is 5.92 Å². The normalized spacial score (nSPS) is 11.3. The first-order chi connectivity index (χ1) is 11.1. The van der Waals surface area contributed by atoms with E-state index >= 15 is 0 Å². The van der Waals surface area contributed by atoms with Gasteiger partial charge in [-0.15, -0.1) is 31.7 Å². The summed E-state index contributed by atoms with van der Waals surface area (Å²) in [4.78, 5) is 0.955. The van der Waals surface area contributed by atoms with Crippen LogP contribution in [0.2, 0.25) is 0 Å². The average molecular weight is 432 g/mol. The molecular weight excluding hydrogens is 418 g/mol. The topological polar surface area (TPSA) is 76.7 Å². The van der Waals surface area contributed by atoms with E-state index < -0.39 is 0 Å². The lowest BCUT2D eigenvalue weighted by Crippen LogP contribution is -2.07. The lowest BCUT2D eigenvalue weighted by atomic mass is 10.2. The lowest BCUT2D eigenvalue weighted by Gasteiger charge is -2.03. The highest BCUT2D eigenvalue weighted by molar-refractivity contribution is 9.11. The molecule has 0 radical (unpaired) electrons. The summed E-state index contributed by atoms with van der Waals surface area (Å²) in [5, 5.41) is 20.5. The summed E-state index contributed by atoms with van der Waals surface area (Å²) in [6.45, 7) is 5.20.